The van der Waals surface area contributed by atoms with Crippen molar-refractivity contribution in [3.8, 4) is 0 Å². The summed E-state index contributed by atoms with van der Waals surface area (Å²) < 4.78 is 27.5. The van der Waals surface area contributed by atoms with Crippen LogP contribution in [-0.4, -0.2) is 18.5 Å². The molecule has 0 aliphatic heterocycles. The van der Waals surface area contributed by atoms with Crippen molar-refractivity contribution >= 4 is 33.0 Å². The lowest BCUT2D eigenvalue weighted by atomic mass is 10.2. The maximum atomic E-state index is 12.4. The van der Waals surface area contributed by atoms with Gasteiger partial charge in [0.25, 0.3) is 0 Å². The van der Waals surface area contributed by atoms with Gasteiger partial charge in [-0.25, -0.2) is 18.1 Å². The molecule has 0 aliphatic carbocycles. The molecule has 0 spiro atoms. The Labute approximate surface area is 132 Å². The van der Waals surface area contributed by atoms with Gasteiger partial charge in [-0.3, -0.25) is 0 Å². The molecule has 0 amide bonds. The number of aliphatic hydroxyl groups is 1. The van der Waals surface area contributed by atoms with Crippen molar-refractivity contribution in [2.75, 3.05) is 0 Å². The van der Waals surface area contributed by atoms with Gasteiger partial charge in [0.2, 0.25) is 10.0 Å². The van der Waals surface area contributed by atoms with Gasteiger partial charge >= 0.3 is 0 Å². The number of rotatable bonds is 6. The van der Waals surface area contributed by atoms with Crippen molar-refractivity contribution in [3.63, 3.8) is 0 Å². The molecule has 5 nitrogen and oxygen atoms in total. The maximum absolute atomic E-state index is 12.4. The largest absolute Gasteiger partial charge is 0.392 e. The fraction of sp³-hybridized carbons (Fsp3) is 0.308. The van der Waals surface area contributed by atoms with Crippen LogP contribution in [-0.2, 0) is 16.6 Å². The molecule has 21 heavy (non-hydrogen) atoms. The topological polar surface area (TPSA) is 79.3 Å². The number of hydrogen-bond donors (Lipinski definition) is 2. The number of sulfonamides is 1. The molecule has 8 heteroatoms. The minimum absolute atomic E-state index is 0.0750. The summed E-state index contributed by atoms with van der Waals surface area (Å²) in [5.74, 6) is 0. The highest BCUT2D eigenvalue weighted by molar-refractivity contribution is 7.89. The second-order valence-electron chi connectivity index (χ2n) is 4.36. The Kier molecular flexibility index (Phi) is 5.34. The zero-order valence-corrected chi connectivity index (χ0v) is 13.7. The fourth-order valence-corrected chi connectivity index (χ4v) is 4.17. The van der Waals surface area contributed by atoms with Crippen molar-refractivity contribution in [2.24, 2.45) is 0 Å². The standard InChI is InChI=1S/C13H15ClN2O3S2/c1-2-12(13-15-5-6-20-13)16-21(18,19)10-3-4-11(14)9(7-10)8-17/h3-7,12,16-17H,2,8H2,1H3. The Hall–Kier alpha value is -0.990. The van der Waals surface area contributed by atoms with E-state index in [1.807, 2.05) is 6.92 Å². The van der Waals surface area contributed by atoms with E-state index in [4.69, 9.17) is 11.6 Å². The van der Waals surface area contributed by atoms with Gasteiger partial charge in [0.1, 0.15) is 5.01 Å². The number of aromatic nitrogens is 1. The van der Waals surface area contributed by atoms with Crippen molar-refractivity contribution in [3.05, 3.63) is 45.4 Å². The third-order valence-electron chi connectivity index (χ3n) is 2.95. The maximum Gasteiger partial charge on any atom is 0.241 e. The second kappa shape index (κ2) is 6.85. The van der Waals surface area contributed by atoms with E-state index in [9.17, 15) is 13.5 Å². The molecular weight excluding hydrogens is 332 g/mol. The summed E-state index contributed by atoms with van der Waals surface area (Å²) in [6, 6.07) is 3.88. The van der Waals surface area contributed by atoms with Gasteiger partial charge in [0, 0.05) is 16.6 Å². The highest BCUT2D eigenvalue weighted by atomic mass is 35.5. The summed E-state index contributed by atoms with van der Waals surface area (Å²) in [5, 5.41) is 12.0. The van der Waals surface area contributed by atoms with E-state index in [2.05, 4.69) is 9.71 Å². The zero-order chi connectivity index (χ0) is 15.5. The Morgan fingerprint density at radius 3 is 2.81 bits per heavy atom. The molecule has 1 atom stereocenters. The van der Waals surface area contributed by atoms with Crippen LogP contribution in [0, 0.1) is 0 Å². The molecule has 0 radical (unpaired) electrons. The molecule has 1 aromatic heterocycles. The summed E-state index contributed by atoms with van der Waals surface area (Å²) >= 11 is 7.28. The van der Waals surface area contributed by atoms with E-state index in [1.54, 1.807) is 11.6 Å². The van der Waals surface area contributed by atoms with E-state index in [0.717, 1.165) is 5.01 Å². The first-order chi connectivity index (χ1) is 9.97. The van der Waals surface area contributed by atoms with Crippen molar-refractivity contribution in [2.45, 2.75) is 30.9 Å². The van der Waals surface area contributed by atoms with Gasteiger partial charge in [-0.2, -0.15) is 0 Å². The van der Waals surface area contributed by atoms with Gasteiger partial charge in [-0.15, -0.1) is 11.3 Å². The second-order valence-corrected chi connectivity index (χ2v) is 7.41. The molecule has 0 fully saturated rings. The number of halogens is 1. The number of aliphatic hydroxyl groups excluding tert-OH is 1. The predicted octanol–water partition coefficient (Wildman–Crippen LogP) is 2.72. The van der Waals surface area contributed by atoms with Crippen LogP contribution in [0.2, 0.25) is 5.02 Å². The highest BCUT2D eigenvalue weighted by Crippen LogP contribution is 2.24. The summed E-state index contributed by atoms with van der Waals surface area (Å²) in [6.45, 7) is 1.57. The highest BCUT2D eigenvalue weighted by Gasteiger charge is 2.22. The van der Waals surface area contributed by atoms with Gasteiger partial charge in [-0.05, 0) is 30.2 Å². The number of benzene rings is 1. The van der Waals surface area contributed by atoms with Crippen molar-refractivity contribution in [1.82, 2.24) is 9.71 Å². The van der Waals surface area contributed by atoms with Crippen molar-refractivity contribution < 1.29 is 13.5 Å². The molecule has 2 aromatic rings. The first kappa shape index (κ1) is 16.4. The zero-order valence-electron chi connectivity index (χ0n) is 11.3. The van der Waals surface area contributed by atoms with Gasteiger partial charge < -0.3 is 5.11 Å². The number of thiazole rings is 1. The van der Waals surface area contributed by atoms with Gasteiger partial charge in [0.05, 0.1) is 17.5 Å². The SMILES string of the molecule is CCC(NS(=O)(=O)c1ccc(Cl)c(CO)c1)c1nccs1. The fourth-order valence-electron chi connectivity index (χ4n) is 1.81. The van der Waals surface area contributed by atoms with Crippen LogP contribution >= 0.6 is 22.9 Å². The van der Waals surface area contributed by atoms with Crippen molar-refractivity contribution in [1.29, 1.82) is 0 Å². The average molecular weight is 347 g/mol. The summed E-state index contributed by atoms with van der Waals surface area (Å²) in [4.78, 5) is 4.22. The number of nitrogens with one attached hydrogen (secondary N) is 1. The first-order valence-corrected chi connectivity index (χ1v) is 9.03. The van der Waals surface area contributed by atoms with Crippen LogP contribution in [0.15, 0.2) is 34.7 Å². The monoisotopic (exact) mass is 346 g/mol. The van der Waals surface area contributed by atoms with Gasteiger partial charge in [-0.1, -0.05) is 18.5 Å². The molecule has 2 rings (SSSR count). The molecule has 0 aliphatic rings. The Morgan fingerprint density at radius 2 is 2.24 bits per heavy atom. The van der Waals surface area contributed by atoms with E-state index in [1.165, 1.54) is 29.5 Å². The Balaban J connectivity index is 2.29. The lowest BCUT2D eigenvalue weighted by Crippen LogP contribution is -2.28. The molecular formula is C13H15ClN2O3S2. The Morgan fingerprint density at radius 1 is 1.48 bits per heavy atom. The third kappa shape index (κ3) is 3.81. The predicted molar refractivity (Wildman–Crippen MR) is 82.8 cm³/mol. The molecule has 1 heterocycles. The average Bonchev–Trinajstić information content (AvgIpc) is 2.99. The van der Waals surface area contributed by atoms with Crippen LogP contribution in [0.4, 0.5) is 0 Å². The summed E-state index contributed by atoms with van der Waals surface area (Å²) in [7, 11) is -3.70. The molecule has 1 aromatic carbocycles. The van der Waals surface area contributed by atoms with Crippen LogP contribution in [0.3, 0.4) is 0 Å². The lowest BCUT2D eigenvalue weighted by molar-refractivity contribution is 0.281. The Bertz CT molecular complexity index is 702. The van der Waals surface area contributed by atoms with Crippen LogP contribution in [0.5, 0.6) is 0 Å². The van der Waals surface area contributed by atoms with Gasteiger partial charge in [0.15, 0.2) is 0 Å². The molecule has 0 saturated carbocycles. The van der Waals surface area contributed by atoms with E-state index in [-0.39, 0.29) is 17.5 Å². The number of hydrogen-bond acceptors (Lipinski definition) is 5. The van der Waals surface area contributed by atoms with E-state index >= 15 is 0 Å². The van der Waals surface area contributed by atoms with Crippen LogP contribution in [0.1, 0.15) is 30.0 Å². The molecule has 2 N–H and O–H groups in total. The van der Waals surface area contributed by atoms with E-state index < -0.39 is 10.0 Å². The molecule has 0 saturated heterocycles. The minimum atomic E-state index is -3.70. The smallest absolute Gasteiger partial charge is 0.241 e. The molecule has 1 unspecified atom stereocenters. The normalized spacial score (nSPS) is 13.3. The first-order valence-electron chi connectivity index (χ1n) is 6.29. The number of nitrogens with zero attached hydrogens (tertiary/aromatic N) is 1. The summed E-state index contributed by atoms with van der Waals surface area (Å²) in [6.07, 6.45) is 2.23. The van der Waals surface area contributed by atoms with E-state index in [0.29, 0.717) is 17.0 Å². The molecule has 0 bridgehead atoms. The van der Waals surface area contributed by atoms with Crippen LogP contribution in [0.25, 0.3) is 0 Å². The van der Waals surface area contributed by atoms with Crippen LogP contribution < -0.4 is 4.72 Å². The molecule has 114 valence electrons. The minimum Gasteiger partial charge on any atom is -0.392 e. The summed E-state index contributed by atoms with van der Waals surface area (Å²) in [5.41, 5.74) is 0.377. The lowest BCUT2D eigenvalue weighted by Gasteiger charge is -2.15. The quantitative estimate of drug-likeness (QED) is 0.842. The third-order valence-corrected chi connectivity index (χ3v) is 5.68.